The first-order chi connectivity index (χ1) is 9.20. The first-order valence-electron chi connectivity index (χ1n) is 7.53. The summed E-state index contributed by atoms with van der Waals surface area (Å²) < 4.78 is 5.95. The van der Waals surface area contributed by atoms with Crippen molar-refractivity contribution in [1.29, 1.82) is 0 Å². The molecule has 0 heterocycles. The van der Waals surface area contributed by atoms with Gasteiger partial charge in [0, 0.05) is 6.61 Å². The molecule has 1 N–H and O–H groups in total. The Morgan fingerprint density at radius 1 is 1.26 bits per heavy atom. The number of hydrogen-bond donors (Lipinski definition) is 1. The van der Waals surface area contributed by atoms with Crippen LogP contribution in [0.25, 0.3) is 0 Å². The molecule has 0 saturated heterocycles. The summed E-state index contributed by atoms with van der Waals surface area (Å²) in [5.41, 5.74) is 4.03. The van der Waals surface area contributed by atoms with Gasteiger partial charge in [-0.2, -0.15) is 0 Å². The Hall–Kier alpha value is -0.860. The van der Waals surface area contributed by atoms with Crippen LogP contribution < -0.4 is 5.32 Å². The van der Waals surface area contributed by atoms with Crippen molar-refractivity contribution < 1.29 is 4.74 Å². The third-order valence-electron chi connectivity index (χ3n) is 4.26. The highest BCUT2D eigenvalue weighted by atomic mass is 16.5. The fraction of sp³-hybridized carbons (Fsp3) is 0.647. The zero-order valence-electron chi connectivity index (χ0n) is 12.5. The molecule has 1 aromatic rings. The Balaban J connectivity index is 1.88. The molecule has 0 spiro atoms. The third kappa shape index (κ3) is 4.05. The van der Waals surface area contributed by atoms with Gasteiger partial charge >= 0.3 is 0 Å². The minimum absolute atomic E-state index is 0.307. The van der Waals surface area contributed by atoms with Crippen LogP contribution in [0.5, 0.6) is 0 Å². The van der Waals surface area contributed by atoms with E-state index in [4.69, 9.17) is 4.74 Å². The summed E-state index contributed by atoms with van der Waals surface area (Å²) in [7, 11) is 2.02. The zero-order valence-corrected chi connectivity index (χ0v) is 12.5. The van der Waals surface area contributed by atoms with Crippen molar-refractivity contribution in [3.63, 3.8) is 0 Å². The van der Waals surface area contributed by atoms with E-state index in [0.717, 1.165) is 19.1 Å². The summed E-state index contributed by atoms with van der Waals surface area (Å²) in [5.74, 6) is 0.802. The monoisotopic (exact) mass is 261 g/mol. The number of ether oxygens (including phenoxy) is 1. The maximum atomic E-state index is 5.95. The van der Waals surface area contributed by atoms with Gasteiger partial charge in [-0.1, -0.05) is 36.6 Å². The standard InChI is InChI=1S/C17H27NO/c1-13-8-9-16(14(2)10-13)17(18-3)12-19-11-15-6-4-5-7-15/h8-10,15,17-18H,4-7,11-12H2,1-3H3. The molecule has 2 rings (SSSR count). The highest BCUT2D eigenvalue weighted by molar-refractivity contribution is 5.32. The van der Waals surface area contributed by atoms with E-state index in [9.17, 15) is 0 Å². The van der Waals surface area contributed by atoms with Gasteiger partial charge in [0.25, 0.3) is 0 Å². The average Bonchev–Trinajstić information content (AvgIpc) is 2.89. The maximum absolute atomic E-state index is 5.95. The number of rotatable bonds is 6. The molecule has 1 saturated carbocycles. The lowest BCUT2D eigenvalue weighted by molar-refractivity contribution is 0.0843. The van der Waals surface area contributed by atoms with E-state index in [-0.39, 0.29) is 0 Å². The van der Waals surface area contributed by atoms with Crippen LogP contribution in [0, 0.1) is 19.8 Å². The summed E-state index contributed by atoms with van der Waals surface area (Å²) in [4.78, 5) is 0. The molecule has 1 atom stereocenters. The molecule has 19 heavy (non-hydrogen) atoms. The average molecular weight is 261 g/mol. The maximum Gasteiger partial charge on any atom is 0.0661 e. The van der Waals surface area contributed by atoms with Gasteiger partial charge in [0.1, 0.15) is 0 Å². The Morgan fingerprint density at radius 2 is 2.00 bits per heavy atom. The van der Waals surface area contributed by atoms with Crippen LogP contribution in [0.3, 0.4) is 0 Å². The molecule has 1 aromatic carbocycles. The van der Waals surface area contributed by atoms with Gasteiger partial charge in [-0.05, 0) is 50.8 Å². The van der Waals surface area contributed by atoms with Gasteiger partial charge in [-0.25, -0.2) is 0 Å². The molecule has 0 radical (unpaired) electrons. The molecule has 1 aliphatic rings. The molecule has 0 aromatic heterocycles. The number of likely N-dealkylation sites (N-methyl/N-ethyl adjacent to an activating group) is 1. The van der Waals surface area contributed by atoms with Crippen molar-refractivity contribution in [2.45, 2.75) is 45.6 Å². The summed E-state index contributed by atoms with van der Waals surface area (Å²) in [6.45, 7) is 6.03. The van der Waals surface area contributed by atoms with Crippen molar-refractivity contribution in [2.24, 2.45) is 5.92 Å². The molecule has 0 bridgehead atoms. The molecule has 1 fully saturated rings. The van der Waals surface area contributed by atoms with Crippen LogP contribution in [0.1, 0.15) is 48.4 Å². The van der Waals surface area contributed by atoms with E-state index in [1.54, 1.807) is 0 Å². The minimum atomic E-state index is 0.307. The van der Waals surface area contributed by atoms with E-state index >= 15 is 0 Å². The summed E-state index contributed by atoms with van der Waals surface area (Å²) in [6, 6.07) is 6.97. The number of nitrogens with one attached hydrogen (secondary N) is 1. The normalized spacial score (nSPS) is 17.8. The van der Waals surface area contributed by atoms with Crippen LogP contribution in [0.2, 0.25) is 0 Å². The molecule has 0 amide bonds. The predicted octanol–water partition coefficient (Wildman–Crippen LogP) is 3.77. The van der Waals surface area contributed by atoms with Gasteiger partial charge in [-0.15, -0.1) is 0 Å². The molecule has 1 aliphatic carbocycles. The van der Waals surface area contributed by atoms with E-state index in [2.05, 4.69) is 37.4 Å². The van der Waals surface area contributed by atoms with Crippen molar-refractivity contribution >= 4 is 0 Å². The van der Waals surface area contributed by atoms with Crippen molar-refractivity contribution in [1.82, 2.24) is 5.32 Å². The molecule has 1 unspecified atom stereocenters. The predicted molar refractivity (Wildman–Crippen MR) is 80.5 cm³/mol. The second-order valence-corrected chi connectivity index (χ2v) is 5.89. The summed E-state index contributed by atoms with van der Waals surface area (Å²) in [6.07, 6.45) is 5.49. The molecule has 106 valence electrons. The lowest BCUT2D eigenvalue weighted by atomic mass is 10.00. The van der Waals surface area contributed by atoms with E-state index in [0.29, 0.717) is 6.04 Å². The Bertz CT molecular complexity index is 396. The van der Waals surface area contributed by atoms with Gasteiger partial charge in [0.2, 0.25) is 0 Å². The Kier molecular flexibility index (Phi) is 5.41. The van der Waals surface area contributed by atoms with Gasteiger partial charge < -0.3 is 10.1 Å². The lowest BCUT2D eigenvalue weighted by Gasteiger charge is -2.20. The molecule has 2 nitrogen and oxygen atoms in total. The topological polar surface area (TPSA) is 21.3 Å². The van der Waals surface area contributed by atoms with E-state index in [1.807, 2.05) is 7.05 Å². The smallest absolute Gasteiger partial charge is 0.0661 e. The highest BCUT2D eigenvalue weighted by Crippen LogP contribution is 2.25. The highest BCUT2D eigenvalue weighted by Gasteiger charge is 2.17. The zero-order chi connectivity index (χ0) is 13.7. The van der Waals surface area contributed by atoms with Crippen molar-refractivity contribution in [3.8, 4) is 0 Å². The van der Waals surface area contributed by atoms with Crippen molar-refractivity contribution in [2.75, 3.05) is 20.3 Å². The largest absolute Gasteiger partial charge is 0.379 e. The molecular formula is C17H27NO. The molecule has 2 heteroatoms. The Morgan fingerprint density at radius 3 is 2.63 bits per heavy atom. The minimum Gasteiger partial charge on any atom is -0.379 e. The van der Waals surface area contributed by atoms with Gasteiger partial charge in [0.15, 0.2) is 0 Å². The number of benzene rings is 1. The van der Waals surface area contributed by atoms with E-state index < -0.39 is 0 Å². The van der Waals surface area contributed by atoms with Crippen LogP contribution in [0.4, 0.5) is 0 Å². The van der Waals surface area contributed by atoms with Crippen molar-refractivity contribution in [3.05, 3.63) is 34.9 Å². The summed E-state index contributed by atoms with van der Waals surface area (Å²) in [5, 5.41) is 3.38. The van der Waals surface area contributed by atoms with Gasteiger partial charge in [0.05, 0.1) is 12.6 Å². The van der Waals surface area contributed by atoms with Crippen LogP contribution in [0.15, 0.2) is 18.2 Å². The SMILES string of the molecule is CNC(COCC1CCCC1)c1ccc(C)cc1C. The van der Waals surface area contributed by atoms with Gasteiger partial charge in [-0.3, -0.25) is 0 Å². The number of hydrogen-bond acceptors (Lipinski definition) is 2. The van der Waals surface area contributed by atoms with Crippen LogP contribution in [-0.4, -0.2) is 20.3 Å². The first-order valence-corrected chi connectivity index (χ1v) is 7.53. The molecular weight excluding hydrogens is 234 g/mol. The Labute approximate surface area is 117 Å². The van der Waals surface area contributed by atoms with Crippen LogP contribution in [-0.2, 0) is 4.74 Å². The fourth-order valence-electron chi connectivity index (χ4n) is 3.07. The second-order valence-electron chi connectivity index (χ2n) is 5.89. The summed E-state index contributed by atoms with van der Waals surface area (Å²) >= 11 is 0. The first kappa shape index (κ1) is 14.5. The number of aryl methyl sites for hydroxylation is 2. The third-order valence-corrected chi connectivity index (χ3v) is 4.26. The molecule has 0 aliphatic heterocycles. The second kappa shape index (κ2) is 7.06. The van der Waals surface area contributed by atoms with E-state index in [1.165, 1.54) is 42.4 Å². The quantitative estimate of drug-likeness (QED) is 0.841. The fourth-order valence-corrected chi connectivity index (χ4v) is 3.07. The van der Waals surface area contributed by atoms with Crippen LogP contribution >= 0.6 is 0 Å². The lowest BCUT2D eigenvalue weighted by Crippen LogP contribution is -2.24.